The maximum Gasteiger partial charge on any atom is 0.407 e. The Morgan fingerprint density at radius 3 is 2.19 bits per heavy atom. The molecular formula is C23H26N2O6. The highest BCUT2D eigenvalue weighted by Crippen LogP contribution is 2.44. The van der Waals surface area contributed by atoms with Crippen LogP contribution in [0.15, 0.2) is 48.5 Å². The Kier molecular flexibility index (Phi) is 7.25. The molecule has 0 bridgehead atoms. The minimum absolute atomic E-state index is 0.0642. The molecule has 1 aliphatic rings. The first-order chi connectivity index (χ1) is 14.9. The molecule has 1 unspecified atom stereocenters. The Labute approximate surface area is 180 Å². The summed E-state index contributed by atoms with van der Waals surface area (Å²) in [5, 5.41) is 20.5. The number of carboxylic acid groups (broad SMARTS) is 1. The first-order valence-electron chi connectivity index (χ1n) is 10.1. The van der Waals surface area contributed by atoms with Crippen molar-refractivity contribution in [2.75, 3.05) is 26.3 Å². The van der Waals surface area contributed by atoms with Gasteiger partial charge in [-0.3, -0.25) is 9.59 Å². The molecule has 2 amide bonds. The molecule has 8 nitrogen and oxygen atoms in total. The van der Waals surface area contributed by atoms with Gasteiger partial charge >= 0.3 is 12.1 Å². The zero-order valence-corrected chi connectivity index (χ0v) is 17.3. The predicted octanol–water partition coefficient (Wildman–Crippen LogP) is 2.21. The first-order valence-corrected chi connectivity index (χ1v) is 10.1. The van der Waals surface area contributed by atoms with E-state index < -0.39 is 30.6 Å². The molecule has 1 aliphatic carbocycles. The minimum atomic E-state index is -1.17. The molecule has 1 atom stereocenters. The number of carboxylic acids is 1. The number of carbonyl (C=O) groups is 3. The van der Waals surface area contributed by atoms with Crippen molar-refractivity contribution in [3.05, 3.63) is 59.7 Å². The van der Waals surface area contributed by atoms with E-state index in [1.54, 1.807) is 6.92 Å². The molecular weight excluding hydrogens is 400 g/mol. The van der Waals surface area contributed by atoms with Gasteiger partial charge in [-0.25, -0.2) is 4.79 Å². The molecule has 3 rings (SSSR count). The second kappa shape index (κ2) is 10.1. The van der Waals surface area contributed by atoms with Gasteiger partial charge in [0, 0.05) is 24.9 Å². The molecule has 0 spiro atoms. The number of hydrogen-bond donors (Lipinski definition) is 3. The van der Waals surface area contributed by atoms with Crippen LogP contribution in [0.1, 0.15) is 30.4 Å². The summed E-state index contributed by atoms with van der Waals surface area (Å²) in [6.07, 6.45) is -0.744. The van der Waals surface area contributed by atoms with Gasteiger partial charge in [0.05, 0.1) is 6.61 Å². The maximum absolute atomic E-state index is 12.3. The lowest BCUT2D eigenvalue weighted by Gasteiger charge is -2.22. The monoisotopic (exact) mass is 426 g/mol. The number of benzene rings is 2. The molecule has 31 heavy (non-hydrogen) atoms. The van der Waals surface area contributed by atoms with Gasteiger partial charge in [0.15, 0.2) is 0 Å². The van der Waals surface area contributed by atoms with E-state index in [0.717, 1.165) is 27.2 Å². The summed E-state index contributed by atoms with van der Waals surface area (Å²) in [6, 6.07) is 15.5. The molecule has 0 saturated heterocycles. The highest BCUT2D eigenvalue weighted by atomic mass is 16.5. The molecule has 0 heterocycles. The third-order valence-electron chi connectivity index (χ3n) is 5.24. The first kappa shape index (κ1) is 22.3. The lowest BCUT2D eigenvalue weighted by atomic mass is 9.98. The number of nitrogens with zero attached hydrogens (tertiary/aromatic N) is 1. The minimum Gasteiger partial charge on any atom is -0.480 e. The standard InChI is InChI=1S/C23H26N2O6/c1-15(12-21(27)25(10-11-26)13-22(28)29)24-23(30)31-14-20-18-8-4-2-6-16(18)17-7-3-5-9-19(17)20/h2-9,15,20,26H,10-14H2,1H3,(H,24,30)(H,28,29). The summed E-state index contributed by atoms with van der Waals surface area (Å²) < 4.78 is 5.46. The highest BCUT2D eigenvalue weighted by Gasteiger charge is 2.29. The molecule has 0 radical (unpaired) electrons. The van der Waals surface area contributed by atoms with Crippen LogP contribution in [0, 0.1) is 0 Å². The van der Waals surface area contributed by atoms with E-state index in [2.05, 4.69) is 17.4 Å². The molecule has 0 aliphatic heterocycles. The number of carbonyl (C=O) groups excluding carboxylic acids is 2. The van der Waals surface area contributed by atoms with Gasteiger partial charge in [0.1, 0.15) is 13.2 Å². The predicted molar refractivity (Wildman–Crippen MR) is 114 cm³/mol. The van der Waals surface area contributed by atoms with E-state index in [1.165, 1.54) is 0 Å². The van der Waals surface area contributed by atoms with Crippen LogP contribution in [-0.2, 0) is 14.3 Å². The summed E-state index contributed by atoms with van der Waals surface area (Å²) in [5.41, 5.74) is 4.48. The van der Waals surface area contributed by atoms with E-state index >= 15 is 0 Å². The smallest absolute Gasteiger partial charge is 0.407 e. The SMILES string of the molecule is CC(CC(=O)N(CCO)CC(=O)O)NC(=O)OCC1c2ccccc2-c2ccccc21. The maximum atomic E-state index is 12.3. The van der Waals surface area contributed by atoms with Crippen LogP contribution < -0.4 is 5.32 Å². The average Bonchev–Trinajstić information content (AvgIpc) is 3.05. The van der Waals surface area contributed by atoms with Crippen molar-refractivity contribution >= 4 is 18.0 Å². The fraction of sp³-hybridized carbons (Fsp3) is 0.348. The van der Waals surface area contributed by atoms with Gasteiger partial charge in [-0.2, -0.15) is 0 Å². The topological polar surface area (TPSA) is 116 Å². The number of rotatable bonds is 9. The number of ether oxygens (including phenoxy) is 1. The second-order valence-corrected chi connectivity index (χ2v) is 7.51. The quantitative estimate of drug-likeness (QED) is 0.566. The number of amides is 2. The summed E-state index contributed by atoms with van der Waals surface area (Å²) in [4.78, 5) is 36.5. The van der Waals surface area contributed by atoms with E-state index in [1.807, 2.05) is 36.4 Å². The van der Waals surface area contributed by atoms with Gasteiger partial charge in [-0.15, -0.1) is 0 Å². The number of alkyl carbamates (subject to hydrolysis) is 1. The second-order valence-electron chi connectivity index (χ2n) is 7.51. The molecule has 3 N–H and O–H groups in total. The van der Waals surface area contributed by atoms with Crippen LogP contribution in [0.4, 0.5) is 4.79 Å². The van der Waals surface area contributed by atoms with Crippen LogP contribution in [0.2, 0.25) is 0 Å². The van der Waals surface area contributed by atoms with E-state index in [4.69, 9.17) is 14.9 Å². The van der Waals surface area contributed by atoms with Gasteiger partial charge in [0.2, 0.25) is 5.91 Å². The fourth-order valence-electron chi connectivity index (χ4n) is 3.86. The summed E-state index contributed by atoms with van der Waals surface area (Å²) in [5.74, 6) is -1.70. The van der Waals surface area contributed by atoms with Crippen molar-refractivity contribution in [1.82, 2.24) is 10.2 Å². The number of aliphatic hydroxyl groups excluding tert-OH is 1. The van der Waals surface area contributed by atoms with Crippen LogP contribution in [0.5, 0.6) is 0 Å². The van der Waals surface area contributed by atoms with E-state index in [-0.39, 0.29) is 32.1 Å². The van der Waals surface area contributed by atoms with Crippen molar-refractivity contribution in [2.24, 2.45) is 0 Å². The van der Waals surface area contributed by atoms with Crippen molar-refractivity contribution < 1.29 is 29.3 Å². The lowest BCUT2D eigenvalue weighted by molar-refractivity contribution is -0.145. The zero-order valence-electron chi connectivity index (χ0n) is 17.3. The summed E-state index contributed by atoms with van der Waals surface area (Å²) in [6.45, 7) is 0.875. The number of fused-ring (bicyclic) bond motifs is 3. The third-order valence-corrected chi connectivity index (χ3v) is 5.24. The number of aliphatic hydroxyl groups is 1. The molecule has 2 aromatic carbocycles. The van der Waals surface area contributed by atoms with Gasteiger partial charge < -0.3 is 25.2 Å². The Balaban J connectivity index is 1.56. The summed E-state index contributed by atoms with van der Waals surface area (Å²) in [7, 11) is 0. The molecule has 2 aromatic rings. The fourth-order valence-corrected chi connectivity index (χ4v) is 3.86. The number of nitrogens with one attached hydrogen (secondary N) is 1. The molecule has 0 aromatic heterocycles. The van der Waals surface area contributed by atoms with Crippen LogP contribution in [-0.4, -0.2) is 65.4 Å². The molecule has 8 heteroatoms. The Morgan fingerprint density at radius 2 is 1.65 bits per heavy atom. The van der Waals surface area contributed by atoms with Crippen molar-refractivity contribution in [2.45, 2.75) is 25.3 Å². The Bertz CT molecular complexity index is 915. The largest absolute Gasteiger partial charge is 0.480 e. The third kappa shape index (κ3) is 5.40. The molecule has 164 valence electrons. The van der Waals surface area contributed by atoms with Crippen molar-refractivity contribution in [3.63, 3.8) is 0 Å². The highest BCUT2D eigenvalue weighted by molar-refractivity contribution is 5.82. The van der Waals surface area contributed by atoms with Gasteiger partial charge in [-0.1, -0.05) is 48.5 Å². The van der Waals surface area contributed by atoms with E-state index in [0.29, 0.717) is 0 Å². The lowest BCUT2D eigenvalue weighted by Crippen LogP contribution is -2.42. The van der Waals surface area contributed by atoms with Crippen LogP contribution in [0.25, 0.3) is 11.1 Å². The van der Waals surface area contributed by atoms with Crippen molar-refractivity contribution in [3.8, 4) is 11.1 Å². The van der Waals surface area contributed by atoms with Gasteiger partial charge in [-0.05, 0) is 29.2 Å². The Hall–Kier alpha value is -3.39. The molecule has 0 saturated carbocycles. The van der Waals surface area contributed by atoms with Crippen LogP contribution in [0.3, 0.4) is 0 Å². The van der Waals surface area contributed by atoms with Gasteiger partial charge in [0.25, 0.3) is 0 Å². The normalized spacial score (nSPS) is 13.1. The zero-order chi connectivity index (χ0) is 22.4. The van der Waals surface area contributed by atoms with E-state index in [9.17, 15) is 14.4 Å². The number of aliphatic carboxylic acids is 1. The molecule has 0 fully saturated rings. The number of hydrogen-bond acceptors (Lipinski definition) is 5. The summed E-state index contributed by atoms with van der Waals surface area (Å²) >= 11 is 0. The Morgan fingerprint density at radius 1 is 1.06 bits per heavy atom. The average molecular weight is 426 g/mol. The van der Waals surface area contributed by atoms with Crippen molar-refractivity contribution in [1.29, 1.82) is 0 Å². The van der Waals surface area contributed by atoms with Crippen LogP contribution >= 0.6 is 0 Å².